The van der Waals surface area contributed by atoms with Crippen molar-refractivity contribution in [3.8, 4) is 0 Å². The summed E-state index contributed by atoms with van der Waals surface area (Å²) in [5.41, 5.74) is 4.20. The van der Waals surface area contributed by atoms with Gasteiger partial charge in [-0.25, -0.2) is 0 Å². The Morgan fingerprint density at radius 3 is 1.71 bits per heavy atom. The van der Waals surface area contributed by atoms with Crippen molar-refractivity contribution < 1.29 is 0 Å². The van der Waals surface area contributed by atoms with Gasteiger partial charge in [-0.15, -0.1) is 0 Å². The van der Waals surface area contributed by atoms with Crippen LogP contribution in [-0.2, 0) is 0 Å². The molecule has 0 nitrogen and oxygen atoms in total. The molecule has 0 aromatic heterocycles. The highest BCUT2D eigenvalue weighted by Gasteiger charge is 2.53. The lowest BCUT2D eigenvalue weighted by Gasteiger charge is -2.45. The maximum atomic E-state index is 2.67. The first-order chi connectivity index (χ1) is 20.2. The van der Waals surface area contributed by atoms with Crippen molar-refractivity contribution in [2.45, 2.75) is 75.3 Å². The van der Waals surface area contributed by atoms with Gasteiger partial charge in [0.15, 0.2) is 0 Å². The van der Waals surface area contributed by atoms with Gasteiger partial charge in [0.05, 0.1) is 0 Å². The summed E-state index contributed by atoms with van der Waals surface area (Å²) >= 11 is 0. The minimum absolute atomic E-state index is 0.0180. The van der Waals surface area contributed by atoms with Gasteiger partial charge < -0.3 is 0 Å². The van der Waals surface area contributed by atoms with Crippen molar-refractivity contribution in [2.24, 2.45) is 23.7 Å². The molecule has 0 spiro atoms. The van der Waals surface area contributed by atoms with Gasteiger partial charge in [0, 0.05) is 5.92 Å². The van der Waals surface area contributed by atoms with Crippen LogP contribution in [0, 0.1) is 54.8 Å². The first-order valence-electron chi connectivity index (χ1n) is 16.3. The number of fused-ring (bicyclic) bond motifs is 4. The van der Waals surface area contributed by atoms with Gasteiger partial charge in [-0.3, -0.25) is 0 Å². The molecule has 0 aliphatic heterocycles. The summed E-state index contributed by atoms with van der Waals surface area (Å²) in [7, 11) is -0.657. The van der Waals surface area contributed by atoms with Crippen molar-refractivity contribution in [1.82, 2.24) is 0 Å². The zero-order valence-corrected chi connectivity index (χ0v) is 26.2. The van der Waals surface area contributed by atoms with Gasteiger partial charge in [0.25, 0.3) is 0 Å². The fourth-order valence-electron chi connectivity index (χ4n) is 9.65. The van der Waals surface area contributed by atoms with E-state index in [4.69, 9.17) is 0 Å². The van der Waals surface area contributed by atoms with E-state index in [1.54, 1.807) is 31.6 Å². The second-order valence-electron chi connectivity index (χ2n) is 13.5. The molecule has 7 atom stereocenters. The zero-order chi connectivity index (χ0) is 27.3. The van der Waals surface area contributed by atoms with Crippen LogP contribution in [0.15, 0.2) is 84.9 Å². The molecule has 5 saturated carbocycles. The van der Waals surface area contributed by atoms with Crippen molar-refractivity contribution in [2.75, 3.05) is 0 Å². The second kappa shape index (κ2) is 11.5. The fourth-order valence-corrected chi connectivity index (χ4v) is 16.9. The molecule has 0 heterocycles. The predicted octanol–water partition coefficient (Wildman–Crippen LogP) is 8.82. The molecule has 2 heteroatoms. The minimum Gasteiger partial charge on any atom is -0.0962 e. The van der Waals surface area contributed by atoms with Gasteiger partial charge in [-0.05, 0) is 134 Å². The molecule has 5 aliphatic rings. The summed E-state index contributed by atoms with van der Waals surface area (Å²) in [6, 6.07) is 31.9. The standard InChI is InChI=1S/C39H43P2/c1-27(40(38-25-28-19-21-30(38)23-28)39-26-29-20-22-31(39)24-29)34-16-10-17-35(34)36-15-8-9-18-37(36)41(32-11-4-2-5-12-32)33-13-6-3-7-14-33/h2-18,27-31,38-39H,19-26H2,1H3/t27-,28?,29?,30?,31?,38?,39?,40?/m0/s1. The minimum atomic E-state index is -0.639. The topological polar surface area (TPSA) is 0 Å². The third-order valence-electron chi connectivity index (χ3n) is 11.4. The predicted molar refractivity (Wildman–Crippen MR) is 178 cm³/mol. The van der Waals surface area contributed by atoms with E-state index in [2.05, 4.69) is 111 Å². The SMILES string of the molecule is C[C@@H]([C]1[CH][CH][CH][C]1c1ccccc1P(c1ccccc1)c1ccccc1)P(C1CC2CCC1C2)C1CC2CCC1C2. The molecule has 5 aliphatic carbocycles. The number of hydrogen-bond acceptors (Lipinski definition) is 0. The third kappa shape index (κ3) is 4.98. The third-order valence-corrected chi connectivity index (χ3v) is 17.8. The smallest absolute Gasteiger partial charge is 0.0171 e. The molecule has 4 bridgehead atoms. The summed E-state index contributed by atoms with van der Waals surface area (Å²) in [6.45, 7) is 2.67. The second-order valence-corrected chi connectivity index (χ2v) is 18.7. The highest BCUT2D eigenvalue weighted by atomic mass is 31.1. The molecule has 0 N–H and O–H groups in total. The Kier molecular flexibility index (Phi) is 7.63. The molecular weight excluding hydrogens is 530 g/mol. The lowest BCUT2D eigenvalue weighted by Crippen LogP contribution is -2.33. The van der Waals surface area contributed by atoms with Crippen molar-refractivity contribution in [3.63, 3.8) is 0 Å². The van der Waals surface area contributed by atoms with E-state index < -0.39 is 7.92 Å². The number of benzene rings is 3. The van der Waals surface area contributed by atoms with Crippen LogP contribution in [0.1, 0.15) is 63.9 Å². The van der Waals surface area contributed by atoms with Crippen LogP contribution < -0.4 is 15.9 Å². The Hall–Kier alpha value is -1.48. The summed E-state index contributed by atoms with van der Waals surface area (Å²) in [4.78, 5) is 0. The highest BCUT2D eigenvalue weighted by molar-refractivity contribution is 7.80. The molecule has 6 unspecified atom stereocenters. The Morgan fingerprint density at radius 2 is 1.17 bits per heavy atom. The Labute approximate surface area is 251 Å². The monoisotopic (exact) mass is 573 g/mol. The van der Waals surface area contributed by atoms with Crippen molar-refractivity contribution >= 4 is 31.8 Å². The fraction of sp³-hybridized carbons (Fsp3) is 0.410. The zero-order valence-electron chi connectivity index (χ0n) is 24.4. The van der Waals surface area contributed by atoms with Crippen molar-refractivity contribution in [3.05, 3.63) is 122 Å². The maximum absolute atomic E-state index is 2.67. The molecular formula is C39H43P2. The quantitative estimate of drug-likeness (QED) is 0.236. The largest absolute Gasteiger partial charge is 0.0962 e. The van der Waals surface area contributed by atoms with Crippen molar-refractivity contribution in [1.29, 1.82) is 0 Å². The molecule has 5 fully saturated rings. The van der Waals surface area contributed by atoms with Crippen LogP contribution >= 0.6 is 15.8 Å². The normalized spacial score (nSPS) is 32.7. The summed E-state index contributed by atoms with van der Waals surface area (Å²) < 4.78 is 0. The van der Waals surface area contributed by atoms with Crippen LogP contribution in [0.4, 0.5) is 0 Å². The first-order valence-corrected chi connectivity index (χ1v) is 19.2. The van der Waals surface area contributed by atoms with Gasteiger partial charge in [-0.2, -0.15) is 0 Å². The summed E-state index contributed by atoms with van der Waals surface area (Å²) in [5, 5.41) is 4.38. The van der Waals surface area contributed by atoms with E-state index in [9.17, 15) is 0 Å². The van der Waals surface area contributed by atoms with Gasteiger partial charge >= 0.3 is 0 Å². The van der Waals surface area contributed by atoms with E-state index in [1.165, 1.54) is 53.1 Å². The number of hydrogen-bond donors (Lipinski definition) is 0. The number of rotatable bonds is 8. The first kappa shape index (κ1) is 27.1. The summed E-state index contributed by atoms with van der Waals surface area (Å²) in [6.07, 6.45) is 19.7. The molecule has 41 heavy (non-hydrogen) atoms. The highest BCUT2D eigenvalue weighted by Crippen LogP contribution is 2.71. The van der Waals surface area contributed by atoms with Gasteiger partial charge in [-0.1, -0.05) is 113 Å². The van der Waals surface area contributed by atoms with E-state index >= 15 is 0 Å². The van der Waals surface area contributed by atoms with Crippen LogP contribution in [0.3, 0.4) is 0 Å². The van der Waals surface area contributed by atoms with Crippen LogP contribution in [0.25, 0.3) is 0 Å². The van der Waals surface area contributed by atoms with Crippen LogP contribution in [0.2, 0.25) is 0 Å². The van der Waals surface area contributed by atoms with Crippen LogP contribution in [0.5, 0.6) is 0 Å². The average molecular weight is 574 g/mol. The molecule has 3 aromatic carbocycles. The Balaban J connectivity index is 1.16. The van der Waals surface area contributed by atoms with E-state index in [0.717, 1.165) is 35.0 Å². The van der Waals surface area contributed by atoms with E-state index in [1.807, 2.05) is 0 Å². The van der Waals surface area contributed by atoms with E-state index in [-0.39, 0.29) is 7.92 Å². The molecule has 5 radical (unpaired) electrons. The van der Waals surface area contributed by atoms with Gasteiger partial charge in [0.1, 0.15) is 0 Å². The molecule has 0 amide bonds. The lowest BCUT2D eigenvalue weighted by atomic mass is 9.87. The molecule has 0 saturated heterocycles. The lowest BCUT2D eigenvalue weighted by molar-refractivity contribution is 0.458. The molecule has 3 aromatic rings. The average Bonchev–Trinajstić information content (AvgIpc) is 3.86. The Bertz CT molecular complexity index is 1250. The Morgan fingerprint density at radius 1 is 0.610 bits per heavy atom. The van der Waals surface area contributed by atoms with Crippen LogP contribution in [-0.4, -0.2) is 17.0 Å². The van der Waals surface area contributed by atoms with E-state index in [0.29, 0.717) is 5.66 Å². The molecule has 209 valence electrons. The van der Waals surface area contributed by atoms with Gasteiger partial charge in [0.2, 0.25) is 0 Å². The maximum Gasteiger partial charge on any atom is 0.0171 e. The summed E-state index contributed by atoms with van der Waals surface area (Å²) in [5.74, 6) is 7.32. The molecule has 8 rings (SSSR count).